The number of nitrogens with zero attached hydrogens (tertiary/aromatic N) is 3. The molecule has 1 N–H and O–H groups in total. The monoisotopic (exact) mass is 414 g/mol. The fourth-order valence-electron chi connectivity index (χ4n) is 4.05. The lowest BCUT2D eigenvalue weighted by Gasteiger charge is -2.47. The molecule has 4 rings (SSSR count). The van der Waals surface area contributed by atoms with E-state index in [-0.39, 0.29) is 29.3 Å². The molecular formula is C20H22N4O4S. The number of amides is 3. The van der Waals surface area contributed by atoms with E-state index in [0.29, 0.717) is 18.7 Å². The second-order valence-corrected chi connectivity index (χ2v) is 8.35. The predicted molar refractivity (Wildman–Crippen MR) is 106 cm³/mol. The first-order valence-electron chi connectivity index (χ1n) is 9.67. The van der Waals surface area contributed by atoms with Crippen LogP contribution in [0.1, 0.15) is 37.7 Å². The van der Waals surface area contributed by atoms with E-state index >= 15 is 0 Å². The molecule has 9 heteroatoms. The van der Waals surface area contributed by atoms with Crippen LogP contribution < -0.4 is 5.32 Å². The van der Waals surface area contributed by atoms with Crippen molar-refractivity contribution in [3.63, 3.8) is 0 Å². The van der Waals surface area contributed by atoms with E-state index in [1.54, 1.807) is 0 Å². The lowest BCUT2D eigenvalue weighted by atomic mass is 9.78. The molecule has 0 atom stereocenters. The van der Waals surface area contributed by atoms with Crippen LogP contribution in [0, 0.1) is 6.92 Å². The van der Waals surface area contributed by atoms with Gasteiger partial charge in [0.15, 0.2) is 0 Å². The van der Waals surface area contributed by atoms with Crippen molar-refractivity contribution in [2.24, 2.45) is 0 Å². The summed E-state index contributed by atoms with van der Waals surface area (Å²) in [6.07, 6.45) is 3.92. The van der Waals surface area contributed by atoms with Gasteiger partial charge in [-0.1, -0.05) is 49.2 Å². The zero-order valence-electron chi connectivity index (χ0n) is 16.1. The lowest BCUT2D eigenvalue weighted by Crippen LogP contribution is -2.69. The first kappa shape index (κ1) is 19.6. The molecule has 2 aromatic rings. The third-order valence-electron chi connectivity index (χ3n) is 5.58. The molecule has 1 aliphatic carbocycles. The van der Waals surface area contributed by atoms with Gasteiger partial charge < -0.3 is 9.32 Å². The van der Waals surface area contributed by atoms with Crippen LogP contribution in [0.2, 0.25) is 0 Å². The number of aromatic nitrogens is 2. The molecule has 0 unspecified atom stereocenters. The third-order valence-corrected chi connectivity index (χ3v) is 6.38. The summed E-state index contributed by atoms with van der Waals surface area (Å²) in [5.41, 5.74) is 0.948. The van der Waals surface area contributed by atoms with E-state index in [4.69, 9.17) is 4.42 Å². The summed E-state index contributed by atoms with van der Waals surface area (Å²) in [6.45, 7) is 1.86. The highest BCUT2D eigenvalue weighted by atomic mass is 32.2. The average molecular weight is 414 g/mol. The minimum absolute atomic E-state index is 0.0255. The third kappa shape index (κ3) is 3.78. The van der Waals surface area contributed by atoms with E-state index in [1.807, 2.05) is 31.2 Å². The number of aryl methyl sites for hydroxylation is 1. The zero-order chi connectivity index (χ0) is 20.4. The van der Waals surface area contributed by atoms with Crippen LogP contribution in [0.3, 0.4) is 0 Å². The Balaban J connectivity index is 1.47. The molecule has 0 radical (unpaired) electrons. The lowest BCUT2D eigenvalue weighted by molar-refractivity contribution is -0.158. The average Bonchev–Trinajstić information content (AvgIpc) is 3.19. The Morgan fingerprint density at radius 3 is 2.72 bits per heavy atom. The van der Waals surface area contributed by atoms with Gasteiger partial charge in [0.25, 0.3) is 11.1 Å². The maximum absolute atomic E-state index is 12.9. The van der Waals surface area contributed by atoms with Crippen LogP contribution in [0.15, 0.2) is 33.9 Å². The number of nitrogens with one attached hydrogen (secondary N) is 1. The van der Waals surface area contributed by atoms with Crippen molar-refractivity contribution in [3.05, 3.63) is 29.8 Å². The second-order valence-electron chi connectivity index (χ2n) is 7.43. The first-order valence-corrected chi connectivity index (χ1v) is 10.7. The van der Waals surface area contributed by atoms with Crippen molar-refractivity contribution in [1.82, 2.24) is 20.4 Å². The topological polar surface area (TPSA) is 105 Å². The molecule has 1 spiro atoms. The van der Waals surface area contributed by atoms with Crippen LogP contribution >= 0.6 is 11.8 Å². The summed E-state index contributed by atoms with van der Waals surface area (Å²) in [7, 11) is 0. The summed E-state index contributed by atoms with van der Waals surface area (Å²) >= 11 is 1.12. The molecule has 1 saturated carbocycles. The molecule has 29 heavy (non-hydrogen) atoms. The van der Waals surface area contributed by atoms with Crippen LogP contribution in [0.4, 0.5) is 0 Å². The van der Waals surface area contributed by atoms with Gasteiger partial charge in [-0.05, 0) is 31.4 Å². The molecule has 0 bridgehead atoms. The van der Waals surface area contributed by atoms with Crippen molar-refractivity contribution < 1.29 is 18.8 Å². The van der Waals surface area contributed by atoms with E-state index in [0.717, 1.165) is 42.2 Å². The van der Waals surface area contributed by atoms with Gasteiger partial charge in [-0.3, -0.25) is 19.7 Å². The number of imide groups is 1. The van der Waals surface area contributed by atoms with Crippen molar-refractivity contribution in [2.75, 3.05) is 12.3 Å². The van der Waals surface area contributed by atoms with E-state index < -0.39 is 11.4 Å². The van der Waals surface area contributed by atoms with Crippen LogP contribution in [0.25, 0.3) is 11.5 Å². The van der Waals surface area contributed by atoms with Gasteiger partial charge in [0.05, 0.1) is 5.75 Å². The number of piperazine rings is 1. The Hall–Kier alpha value is -2.68. The Kier molecular flexibility index (Phi) is 5.40. The van der Waals surface area contributed by atoms with Crippen molar-refractivity contribution in [2.45, 2.75) is 49.8 Å². The number of rotatable bonds is 4. The van der Waals surface area contributed by atoms with Gasteiger partial charge in [0.1, 0.15) is 12.1 Å². The van der Waals surface area contributed by atoms with Crippen molar-refractivity contribution in [1.29, 1.82) is 0 Å². The van der Waals surface area contributed by atoms with Gasteiger partial charge >= 0.3 is 0 Å². The SMILES string of the molecule is Cc1ccccc1-c1nnc(SCC(=O)N2CC(=O)NC(=O)C23CCCCC3)o1. The van der Waals surface area contributed by atoms with Crippen molar-refractivity contribution in [3.8, 4) is 11.5 Å². The molecule has 1 aromatic heterocycles. The fourth-order valence-corrected chi connectivity index (χ4v) is 4.69. The summed E-state index contributed by atoms with van der Waals surface area (Å²) in [4.78, 5) is 38.9. The molecular weight excluding hydrogens is 392 g/mol. The van der Waals surface area contributed by atoms with Crippen LogP contribution in [-0.4, -0.2) is 50.7 Å². The fraction of sp³-hybridized carbons (Fsp3) is 0.450. The van der Waals surface area contributed by atoms with Gasteiger partial charge in [0.2, 0.25) is 17.7 Å². The van der Waals surface area contributed by atoms with E-state index in [9.17, 15) is 14.4 Å². The van der Waals surface area contributed by atoms with Gasteiger partial charge in [-0.25, -0.2) is 0 Å². The molecule has 2 aliphatic rings. The molecule has 152 valence electrons. The molecule has 3 amide bonds. The highest BCUT2D eigenvalue weighted by Crippen LogP contribution is 2.36. The number of hydrogen-bond acceptors (Lipinski definition) is 7. The van der Waals surface area contributed by atoms with E-state index in [1.165, 1.54) is 4.90 Å². The molecule has 2 fully saturated rings. The minimum Gasteiger partial charge on any atom is -0.411 e. The maximum Gasteiger partial charge on any atom is 0.277 e. The molecule has 1 aromatic carbocycles. The Bertz CT molecular complexity index is 951. The van der Waals surface area contributed by atoms with E-state index in [2.05, 4.69) is 15.5 Å². The van der Waals surface area contributed by atoms with Gasteiger partial charge in [0, 0.05) is 5.56 Å². The number of carbonyl (C=O) groups is 3. The Morgan fingerprint density at radius 1 is 1.21 bits per heavy atom. The standard InChI is InChI=1S/C20H22N4O4S/c1-13-7-3-4-8-14(13)17-22-23-19(28-17)29-12-16(26)24-11-15(25)21-18(27)20(24)9-5-2-6-10-20/h3-4,7-8H,2,5-6,9-12H2,1H3,(H,21,25,27). The minimum atomic E-state index is -0.912. The normalized spacial score (nSPS) is 18.7. The number of hydrogen-bond donors (Lipinski definition) is 1. The predicted octanol–water partition coefficient (Wildman–Crippen LogP) is 2.33. The number of thioether (sulfide) groups is 1. The highest BCUT2D eigenvalue weighted by Gasteiger charge is 2.50. The summed E-state index contributed by atoms with van der Waals surface area (Å²) < 4.78 is 5.69. The van der Waals surface area contributed by atoms with Crippen molar-refractivity contribution >= 4 is 29.5 Å². The maximum atomic E-state index is 12.9. The van der Waals surface area contributed by atoms with Gasteiger partial charge in [-0.2, -0.15) is 0 Å². The quantitative estimate of drug-likeness (QED) is 0.605. The molecule has 1 saturated heterocycles. The first-order chi connectivity index (χ1) is 14.0. The number of carbonyl (C=O) groups excluding carboxylic acids is 3. The number of benzene rings is 1. The van der Waals surface area contributed by atoms with Gasteiger partial charge in [-0.15, -0.1) is 10.2 Å². The summed E-state index contributed by atoms with van der Waals surface area (Å²) in [5, 5.41) is 10.8. The Labute approximate surface area is 172 Å². The van der Waals surface area contributed by atoms with Crippen LogP contribution in [0.5, 0.6) is 0 Å². The highest BCUT2D eigenvalue weighted by molar-refractivity contribution is 7.99. The Morgan fingerprint density at radius 2 is 1.97 bits per heavy atom. The summed E-state index contributed by atoms with van der Waals surface area (Å²) in [6, 6.07) is 7.68. The molecule has 8 nitrogen and oxygen atoms in total. The van der Waals surface area contributed by atoms with Crippen LogP contribution in [-0.2, 0) is 14.4 Å². The smallest absolute Gasteiger partial charge is 0.277 e. The summed E-state index contributed by atoms with van der Waals surface area (Å²) in [5.74, 6) is -0.641. The molecule has 2 heterocycles. The zero-order valence-corrected chi connectivity index (χ0v) is 17.0. The largest absolute Gasteiger partial charge is 0.411 e. The molecule has 1 aliphatic heterocycles. The second kappa shape index (κ2) is 7.98.